The number of hydrogen-bond donors (Lipinski definition) is 0. The fraction of sp³-hybridized carbons (Fsp3) is 0.0833. The van der Waals surface area contributed by atoms with Crippen LogP contribution in [0.25, 0.3) is 291 Å². The van der Waals surface area contributed by atoms with E-state index in [4.69, 9.17) is 9.47 Å². The Hall–Kier alpha value is -7.98. The van der Waals surface area contributed by atoms with Gasteiger partial charge in [-0.15, -0.1) is 0 Å². The third kappa shape index (κ3) is 1.94. The van der Waals surface area contributed by atoms with Crippen LogP contribution in [-0.4, -0.2) is 26.2 Å². The van der Waals surface area contributed by atoms with E-state index in [2.05, 4.69) is 0 Å². The first-order chi connectivity index (χ1) is 39.6. The van der Waals surface area contributed by atoms with Crippen LogP contribution in [0.2, 0.25) is 0 Å². The number of ether oxygens (including phenoxy) is 2. The average Bonchev–Trinajstić information content (AvgIpc) is 1.42. The van der Waals surface area contributed by atoms with Crippen LogP contribution >= 0.6 is 47.0 Å². The van der Waals surface area contributed by atoms with Crippen LogP contribution in [0.3, 0.4) is 0 Å². The quantitative estimate of drug-likeness (QED) is 0.125. The molecule has 35 rings (SSSR count). The second kappa shape index (κ2) is 7.89. The van der Waals surface area contributed by atoms with Crippen molar-refractivity contribution >= 4 is 350 Å². The largest absolute Gasteiger partial charge is 0.465 e. The molecule has 0 N–H and O–H groups in total. The van der Waals surface area contributed by atoms with Crippen molar-refractivity contribution in [2.75, 3.05) is 14.2 Å². The molecule has 0 saturated heterocycles. The van der Waals surface area contributed by atoms with Crippen LogP contribution in [0.1, 0.15) is 35.1 Å². The Morgan fingerprint density at radius 1 is 0.250 bits per heavy atom. The maximum atomic E-state index is 13.5. The molecule has 80 heavy (non-hydrogen) atoms. The summed E-state index contributed by atoms with van der Waals surface area (Å²) in [6.45, 7) is 0. The third-order valence-electron chi connectivity index (χ3n) is 26.8. The van der Waals surface area contributed by atoms with E-state index in [0.29, 0.717) is 9.81 Å². The van der Waals surface area contributed by atoms with Gasteiger partial charge in [0.1, 0.15) is 9.81 Å². The number of carbonyl (C=O) groups is 2. The molecule has 0 atom stereocenters. The molecule has 0 bridgehead atoms. The molecule has 4 nitrogen and oxygen atoms in total. The summed E-state index contributed by atoms with van der Waals surface area (Å²) < 4.78 is 12.8. The lowest BCUT2D eigenvalue weighted by Crippen LogP contribution is -2.53. The molecule has 0 fully saturated rings. The summed E-state index contributed by atoms with van der Waals surface area (Å²) >= 11 is 6.73. The summed E-state index contributed by atoms with van der Waals surface area (Å²) in [5, 5.41) is 87.8. The Morgan fingerprint density at radius 2 is 0.400 bits per heavy atom. The highest BCUT2D eigenvalue weighted by Gasteiger charge is 2.71. The summed E-state index contributed by atoms with van der Waals surface area (Å²) in [5.41, 5.74) is 6.12. The van der Waals surface area contributed by atoms with Gasteiger partial charge in [-0.3, -0.25) is 0 Å². The van der Waals surface area contributed by atoms with Gasteiger partial charge < -0.3 is 9.47 Å². The minimum atomic E-state index is -0.481. The molecule has 0 unspecified atom stereocenters. The maximum absolute atomic E-state index is 13.5. The predicted molar refractivity (Wildman–Crippen MR) is 339 cm³/mol. The van der Waals surface area contributed by atoms with E-state index in [1.165, 1.54) is 51.8 Å². The van der Waals surface area contributed by atoms with E-state index in [1.807, 2.05) is 23.5 Å². The van der Waals surface area contributed by atoms with E-state index in [9.17, 15) is 9.59 Å². The number of carbonyl (C=O) groups excluding carboxylic acids is 2. The van der Waals surface area contributed by atoms with Gasteiger partial charge in [-0.2, -0.15) is 0 Å². The molecule has 7 aliphatic rings. The van der Waals surface area contributed by atoms with Crippen molar-refractivity contribution in [2.24, 2.45) is 0 Å². The molecule has 0 amide bonds. The second-order valence-corrected chi connectivity index (χ2v) is 32.2. The zero-order chi connectivity index (χ0) is 48.8. The van der Waals surface area contributed by atoms with Crippen molar-refractivity contribution in [2.45, 2.75) is 23.7 Å². The zero-order valence-corrected chi connectivity index (χ0v) is 43.9. The van der Waals surface area contributed by atoms with Crippen molar-refractivity contribution in [3.05, 3.63) is 50.3 Å². The molecular formula is C72H10O4S4. The Kier molecular flexibility index (Phi) is 3.25. The lowest BCUT2D eigenvalue weighted by Gasteiger charge is -2.57. The topological polar surface area (TPSA) is 52.6 Å². The molecule has 2 heterocycles. The molecule has 8 heteroatoms. The van der Waals surface area contributed by atoms with Crippen molar-refractivity contribution in [1.29, 1.82) is 0 Å². The fourth-order valence-electron chi connectivity index (χ4n) is 26.2. The number of benzene rings is 18. The SMILES string of the molecule is COC(=O)C1=C(C(=O)OC)SC(=C2SC3=C(CC45c6c7c8c9c%10c%11c(c%12c%13c4c4c6c6c%14c7c7c8c8c%10c%10c%15c%11c%11c%12c%12c%13c%13c4c4c6c6c%14c%14c7c7c8c%10c8c%10c%15c%11c%11c%12c%12c%13c4c4c6c6c%14c7c8c7c%10c%11c%12c4c67)C95C3)S2)S1. The Bertz CT molecular complexity index is 7330. The number of esters is 2. The van der Waals surface area contributed by atoms with E-state index < -0.39 is 11.9 Å². The van der Waals surface area contributed by atoms with Gasteiger partial charge in [-0.05, 0) is 326 Å². The molecule has 28 aromatic rings. The van der Waals surface area contributed by atoms with Crippen LogP contribution < -0.4 is 0 Å². The summed E-state index contributed by atoms with van der Waals surface area (Å²) in [6.07, 6.45) is 1.89. The predicted octanol–water partition coefficient (Wildman–Crippen LogP) is 19.9. The van der Waals surface area contributed by atoms with Crippen LogP contribution in [0.15, 0.2) is 28.1 Å². The number of hydrogen-bond acceptors (Lipinski definition) is 8. The molecule has 346 valence electrons. The van der Waals surface area contributed by atoms with Gasteiger partial charge in [0.05, 0.1) is 22.7 Å². The summed E-state index contributed by atoms with van der Waals surface area (Å²) in [5.74, 6) is -0.961. The first kappa shape index (κ1) is 32.9. The lowest BCUT2D eigenvalue weighted by atomic mass is 9.45. The Balaban J connectivity index is 0.942. The van der Waals surface area contributed by atoms with Gasteiger partial charge in [0.15, 0.2) is 0 Å². The van der Waals surface area contributed by atoms with E-state index in [0.717, 1.165) is 17.1 Å². The average molecular weight is 1070 g/mol. The highest BCUT2D eigenvalue weighted by molar-refractivity contribution is 8.34. The number of rotatable bonds is 2. The van der Waals surface area contributed by atoms with Crippen molar-refractivity contribution in [3.63, 3.8) is 0 Å². The van der Waals surface area contributed by atoms with Gasteiger partial charge in [-0.25, -0.2) is 9.59 Å². The van der Waals surface area contributed by atoms with Gasteiger partial charge in [0.2, 0.25) is 0 Å². The lowest BCUT2D eigenvalue weighted by molar-refractivity contribution is -0.138. The van der Waals surface area contributed by atoms with Crippen molar-refractivity contribution in [1.82, 2.24) is 0 Å². The van der Waals surface area contributed by atoms with Crippen molar-refractivity contribution < 1.29 is 19.1 Å². The maximum Gasteiger partial charge on any atom is 0.346 e. The second-order valence-electron chi connectivity index (χ2n) is 27.4. The van der Waals surface area contributed by atoms with Crippen LogP contribution in [0, 0.1) is 0 Å². The molecular weight excluding hydrogens is 1060 g/mol. The molecule has 2 spiro atoms. The number of thioether (sulfide) groups is 4. The molecule has 5 aliphatic carbocycles. The zero-order valence-electron chi connectivity index (χ0n) is 40.7. The number of allylic oxidation sites excluding steroid dienone is 2. The van der Waals surface area contributed by atoms with Crippen LogP contribution in [0.5, 0.6) is 0 Å². The Morgan fingerprint density at radius 3 is 0.562 bits per heavy atom. The van der Waals surface area contributed by atoms with Gasteiger partial charge >= 0.3 is 11.9 Å². The van der Waals surface area contributed by atoms with Crippen LogP contribution in [0.4, 0.5) is 0 Å². The van der Waals surface area contributed by atoms with E-state index >= 15 is 0 Å². The van der Waals surface area contributed by atoms with Gasteiger partial charge in [0.25, 0.3) is 0 Å². The van der Waals surface area contributed by atoms with E-state index in [-0.39, 0.29) is 10.8 Å². The summed E-state index contributed by atoms with van der Waals surface area (Å²) in [4.78, 5) is 30.6. The fourth-order valence-corrected chi connectivity index (χ4v) is 32.0. The third-order valence-corrected chi connectivity index (χ3v) is 32.5. The monoisotopic (exact) mass is 1070 g/mol. The first-order valence-electron chi connectivity index (χ1n) is 28.4. The molecule has 0 aromatic heterocycles. The Labute approximate surface area is 453 Å². The molecule has 0 radical (unpaired) electrons. The van der Waals surface area contributed by atoms with E-state index in [1.54, 1.807) is 313 Å². The highest BCUT2D eigenvalue weighted by Crippen LogP contribution is 2.87. The van der Waals surface area contributed by atoms with Crippen LogP contribution in [-0.2, 0) is 29.9 Å². The standard InChI is InChI=1S/C72H10O4S4/c1-75-67(73)65-66(68(74)76-2)80-70(79-65)69-77-5-3-71-61-53-45-35-25-17-9-7-8-11-15-13(9)21-29-23(15)33-27-19(11)20-12(8)16-14-10(7)18(17)26-32-22(14)30-24(16)34-28(20)38-37(27)47-41(33)51-43(29)49(39(45)31(21)25)57(61)59(51)63-55(47)56-48(38)42(34)52-44(30)50-40(32)46(36(26)35)54(53)62(71)58(50)60(52)64(56)72(63,71)4-6(5)78-69/h3-4H2,1-2H3. The smallest absolute Gasteiger partial charge is 0.346 e. The van der Waals surface area contributed by atoms with Crippen molar-refractivity contribution in [3.8, 4) is 0 Å². The van der Waals surface area contributed by atoms with Gasteiger partial charge in [-0.1, -0.05) is 47.0 Å². The normalized spacial score (nSPS) is 23.1. The summed E-state index contributed by atoms with van der Waals surface area (Å²) in [6, 6.07) is 0. The summed E-state index contributed by atoms with van der Waals surface area (Å²) in [7, 11) is 2.82. The number of methoxy groups -OCH3 is 2. The molecule has 0 saturated carbocycles. The minimum Gasteiger partial charge on any atom is -0.465 e. The van der Waals surface area contributed by atoms with Gasteiger partial charge in [0, 0.05) is 20.6 Å². The first-order valence-corrected chi connectivity index (χ1v) is 31.7. The minimum absolute atomic E-state index is 0.335. The highest BCUT2D eigenvalue weighted by atomic mass is 32.2. The molecule has 2 aliphatic heterocycles. The molecule has 28 aromatic carbocycles.